The van der Waals surface area contributed by atoms with Gasteiger partial charge in [-0.25, -0.2) is 0 Å². The van der Waals surface area contributed by atoms with Crippen LogP contribution in [-0.2, 0) is 11.4 Å². The van der Waals surface area contributed by atoms with Gasteiger partial charge in [-0.05, 0) is 37.1 Å². The zero-order chi connectivity index (χ0) is 16.8. The lowest BCUT2D eigenvalue weighted by Crippen LogP contribution is -2.07. The number of anilines is 1. The fraction of sp³-hybridized carbons (Fsp3) is 0.278. The van der Waals surface area contributed by atoms with Crippen LogP contribution in [-0.4, -0.2) is 13.6 Å². The number of benzene rings is 2. The molecule has 2 aromatic carbocycles. The lowest BCUT2D eigenvalue weighted by atomic mass is 9.95. The minimum absolute atomic E-state index is 0.364. The van der Waals surface area contributed by atoms with Crippen molar-refractivity contribution in [3.05, 3.63) is 57.6 Å². The third-order valence-electron chi connectivity index (χ3n) is 3.39. The van der Waals surface area contributed by atoms with Crippen LogP contribution in [0.2, 0.25) is 0 Å². The number of nitrogen functional groups attached to an aromatic ring is 1. The summed E-state index contributed by atoms with van der Waals surface area (Å²) in [7, 11) is 5.83. The summed E-state index contributed by atoms with van der Waals surface area (Å²) in [6.07, 6.45) is 1.79. The molecule has 2 aromatic rings. The lowest BCUT2D eigenvalue weighted by molar-refractivity contribution is 0.130. The van der Waals surface area contributed by atoms with Crippen LogP contribution in [0.5, 0.6) is 0 Å². The monoisotopic (exact) mass is 370 g/mol. The SMILES string of the molecule is [B]c1cc(Br)cc(CO/N=C(\CCC)c2cc(C)ccc2N)c1. The topological polar surface area (TPSA) is 47.6 Å². The van der Waals surface area contributed by atoms with Crippen LogP contribution in [0.4, 0.5) is 5.69 Å². The van der Waals surface area contributed by atoms with Crippen molar-refractivity contribution >= 4 is 40.6 Å². The van der Waals surface area contributed by atoms with E-state index >= 15 is 0 Å². The van der Waals surface area contributed by atoms with Crippen LogP contribution in [0.15, 0.2) is 46.0 Å². The maximum Gasteiger partial charge on any atom is 0.142 e. The standard InChI is InChI=1S/C18H20BBrN2O/c1-3-4-18(16-7-12(2)5-6-17(16)21)22-23-11-13-8-14(19)10-15(20)9-13/h5-10H,3-4,11,21H2,1-2H3/b22-18+. The highest BCUT2D eigenvalue weighted by Gasteiger charge is 2.08. The van der Waals surface area contributed by atoms with Gasteiger partial charge < -0.3 is 10.6 Å². The molecule has 118 valence electrons. The molecule has 2 rings (SSSR count). The largest absolute Gasteiger partial charge is 0.398 e. The summed E-state index contributed by atoms with van der Waals surface area (Å²) < 4.78 is 0.928. The molecule has 0 atom stereocenters. The van der Waals surface area contributed by atoms with Crippen molar-refractivity contribution in [3.63, 3.8) is 0 Å². The second kappa shape index (κ2) is 8.20. The van der Waals surface area contributed by atoms with Gasteiger partial charge in [0.25, 0.3) is 0 Å². The number of oxime groups is 1. The predicted octanol–water partition coefficient (Wildman–Crippen LogP) is 3.85. The van der Waals surface area contributed by atoms with E-state index in [9.17, 15) is 0 Å². The van der Waals surface area contributed by atoms with Crippen molar-refractivity contribution in [2.45, 2.75) is 33.3 Å². The highest BCUT2D eigenvalue weighted by atomic mass is 79.9. The van der Waals surface area contributed by atoms with Gasteiger partial charge in [0.2, 0.25) is 0 Å². The Morgan fingerprint density at radius 2 is 2.04 bits per heavy atom. The Bertz CT molecular complexity index is 696. The molecule has 0 aliphatic carbocycles. The fourth-order valence-electron chi connectivity index (χ4n) is 2.33. The number of hydrogen-bond acceptors (Lipinski definition) is 3. The third kappa shape index (κ3) is 5.14. The average Bonchev–Trinajstić information content (AvgIpc) is 2.48. The zero-order valence-electron chi connectivity index (χ0n) is 13.5. The number of aryl methyl sites for hydroxylation is 1. The quantitative estimate of drug-likeness (QED) is 0.363. The van der Waals surface area contributed by atoms with E-state index in [1.807, 2.05) is 43.3 Å². The molecule has 0 bridgehead atoms. The van der Waals surface area contributed by atoms with Crippen LogP contribution < -0.4 is 11.2 Å². The summed E-state index contributed by atoms with van der Waals surface area (Å²) >= 11 is 3.42. The number of rotatable bonds is 6. The van der Waals surface area contributed by atoms with Crippen molar-refractivity contribution < 1.29 is 4.84 Å². The molecule has 2 radical (unpaired) electrons. The maximum atomic E-state index is 6.08. The average molecular weight is 371 g/mol. The van der Waals surface area contributed by atoms with Crippen LogP contribution in [0.3, 0.4) is 0 Å². The zero-order valence-corrected chi connectivity index (χ0v) is 15.1. The number of nitrogens with two attached hydrogens (primary N) is 1. The summed E-state index contributed by atoms with van der Waals surface area (Å²) in [5.74, 6) is 0. The second-order valence-electron chi connectivity index (χ2n) is 5.54. The van der Waals surface area contributed by atoms with Gasteiger partial charge in [0, 0.05) is 15.7 Å². The van der Waals surface area contributed by atoms with Gasteiger partial charge in [-0.15, -0.1) is 0 Å². The molecule has 0 aliphatic rings. The lowest BCUT2D eigenvalue weighted by Gasteiger charge is -2.10. The minimum Gasteiger partial charge on any atom is -0.398 e. The first-order valence-electron chi connectivity index (χ1n) is 7.60. The molecule has 0 fully saturated rings. The van der Waals surface area contributed by atoms with Gasteiger partial charge in [0.1, 0.15) is 14.5 Å². The van der Waals surface area contributed by atoms with Crippen LogP contribution in [0.25, 0.3) is 0 Å². The molecule has 0 heterocycles. The molecule has 2 N–H and O–H groups in total. The molecule has 0 amide bonds. The van der Waals surface area contributed by atoms with Crippen molar-refractivity contribution in [2.75, 3.05) is 5.73 Å². The van der Waals surface area contributed by atoms with E-state index in [4.69, 9.17) is 18.4 Å². The van der Waals surface area contributed by atoms with Crippen molar-refractivity contribution in [3.8, 4) is 0 Å². The smallest absolute Gasteiger partial charge is 0.142 e. The fourth-order valence-corrected chi connectivity index (χ4v) is 2.89. The van der Waals surface area contributed by atoms with Gasteiger partial charge in [0.05, 0.1) is 5.71 Å². The van der Waals surface area contributed by atoms with E-state index in [2.05, 4.69) is 28.0 Å². The predicted molar refractivity (Wildman–Crippen MR) is 101 cm³/mol. The third-order valence-corrected chi connectivity index (χ3v) is 3.85. The Balaban J connectivity index is 2.17. The molecule has 0 saturated carbocycles. The Labute approximate surface area is 147 Å². The molecule has 3 nitrogen and oxygen atoms in total. The summed E-state index contributed by atoms with van der Waals surface area (Å²) in [5, 5.41) is 4.32. The Kier molecular flexibility index (Phi) is 6.28. The van der Waals surface area contributed by atoms with Gasteiger partial charge in [0.15, 0.2) is 0 Å². The van der Waals surface area contributed by atoms with E-state index in [-0.39, 0.29) is 0 Å². The van der Waals surface area contributed by atoms with Crippen LogP contribution >= 0.6 is 15.9 Å². The highest BCUT2D eigenvalue weighted by molar-refractivity contribution is 9.10. The van der Waals surface area contributed by atoms with Gasteiger partial charge in [-0.1, -0.05) is 63.7 Å². The molecular weight excluding hydrogens is 351 g/mol. The summed E-state index contributed by atoms with van der Waals surface area (Å²) in [6.45, 7) is 4.51. The van der Waals surface area contributed by atoms with E-state index in [1.54, 1.807) is 0 Å². The molecule has 0 saturated heterocycles. The molecule has 0 unspecified atom stereocenters. The first-order valence-corrected chi connectivity index (χ1v) is 8.39. The van der Waals surface area contributed by atoms with Crippen molar-refractivity contribution in [1.82, 2.24) is 0 Å². The van der Waals surface area contributed by atoms with Gasteiger partial charge >= 0.3 is 0 Å². The van der Waals surface area contributed by atoms with E-state index in [1.165, 1.54) is 0 Å². The molecule has 0 aliphatic heterocycles. The molecular formula is C18H20BBrN2O. The minimum atomic E-state index is 0.364. The van der Waals surface area contributed by atoms with Crippen molar-refractivity contribution in [1.29, 1.82) is 0 Å². The van der Waals surface area contributed by atoms with Crippen molar-refractivity contribution in [2.24, 2.45) is 5.16 Å². The first-order chi connectivity index (χ1) is 11.0. The Morgan fingerprint density at radius 3 is 2.74 bits per heavy atom. The van der Waals surface area contributed by atoms with Gasteiger partial charge in [-0.3, -0.25) is 0 Å². The molecule has 5 heteroatoms. The van der Waals surface area contributed by atoms with E-state index < -0.39 is 0 Å². The first kappa shape index (κ1) is 17.6. The summed E-state index contributed by atoms with van der Waals surface area (Å²) in [5.41, 5.74) is 11.4. The van der Waals surface area contributed by atoms with E-state index in [0.29, 0.717) is 12.1 Å². The number of nitrogens with zero attached hydrogens (tertiary/aromatic N) is 1. The summed E-state index contributed by atoms with van der Waals surface area (Å²) in [4.78, 5) is 5.55. The molecule has 23 heavy (non-hydrogen) atoms. The summed E-state index contributed by atoms with van der Waals surface area (Å²) in [6, 6.07) is 11.6. The number of halogens is 1. The van der Waals surface area contributed by atoms with Gasteiger partial charge in [-0.2, -0.15) is 0 Å². The Hall–Kier alpha value is -1.75. The van der Waals surface area contributed by atoms with Crippen LogP contribution in [0, 0.1) is 6.92 Å². The number of hydrogen-bond donors (Lipinski definition) is 1. The van der Waals surface area contributed by atoms with E-state index in [0.717, 1.165) is 45.4 Å². The molecule has 0 spiro atoms. The molecule has 0 aromatic heterocycles. The van der Waals surface area contributed by atoms with Crippen LogP contribution in [0.1, 0.15) is 36.5 Å². The second-order valence-corrected chi connectivity index (χ2v) is 6.46. The Morgan fingerprint density at radius 1 is 1.26 bits per heavy atom. The normalized spacial score (nSPS) is 11.5. The highest BCUT2D eigenvalue weighted by Crippen LogP contribution is 2.18. The maximum absolute atomic E-state index is 6.08.